The molecule has 1 aromatic carbocycles. The summed E-state index contributed by atoms with van der Waals surface area (Å²) in [6.45, 7) is 1.56. The number of carbonyl (C=O) groups is 1. The van der Waals surface area contributed by atoms with Crippen LogP contribution in [0.2, 0.25) is 0 Å². The molecule has 1 aliphatic heterocycles. The summed E-state index contributed by atoms with van der Waals surface area (Å²) >= 11 is 1.56. The summed E-state index contributed by atoms with van der Waals surface area (Å²) in [6.07, 6.45) is 4.46. The third-order valence-electron chi connectivity index (χ3n) is 4.05. The zero-order chi connectivity index (χ0) is 16.1. The highest BCUT2D eigenvalue weighted by Gasteiger charge is 2.16. The fourth-order valence-electron chi connectivity index (χ4n) is 2.80. The molecule has 1 amide bonds. The number of amides is 1. The van der Waals surface area contributed by atoms with Gasteiger partial charge >= 0.3 is 0 Å². The zero-order valence-corrected chi connectivity index (χ0v) is 13.8. The average molecular weight is 333 g/mol. The molecule has 2 heterocycles. The number of likely N-dealkylation sites (tertiary alicyclic amines) is 1. The molecule has 1 aromatic heterocycles. The Hall–Kier alpha value is -1.88. The molecule has 0 aliphatic carbocycles. The Morgan fingerprint density at radius 3 is 2.61 bits per heavy atom. The van der Waals surface area contributed by atoms with Gasteiger partial charge in [0.15, 0.2) is 6.61 Å². The van der Waals surface area contributed by atoms with Gasteiger partial charge in [0.2, 0.25) is 0 Å². The monoisotopic (exact) mass is 333 g/mol. The largest absolute Gasteiger partial charge is 0.484 e. The van der Waals surface area contributed by atoms with Crippen LogP contribution in [0.5, 0.6) is 5.75 Å². The second kappa shape index (κ2) is 7.59. The fourth-order valence-corrected chi connectivity index (χ4v) is 3.46. The molecule has 1 aliphatic rings. The van der Waals surface area contributed by atoms with Gasteiger partial charge in [-0.2, -0.15) is 11.3 Å². The van der Waals surface area contributed by atoms with Crippen LogP contribution in [0.1, 0.15) is 25.7 Å². The first-order valence-electron chi connectivity index (χ1n) is 7.96. The minimum atomic E-state index is -0.356. The minimum Gasteiger partial charge on any atom is -0.484 e. The van der Waals surface area contributed by atoms with E-state index in [4.69, 9.17) is 4.74 Å². The molecule has 1 saturated heterocycles. The van der Waals surface area contributed by atoms with Gasteiger partial charge in [-0.15, -0.1) is 0 Å². The summed E-state index contributed by atoms with van der Waals surface area (Å²) in [5.41, 5.74) is 1.72. The molecule has 0 unspecified atom stereocenters. The van der Waals surface area contributed by atoms with Crippen molar-refractivity contribution in [2.45, 2.75) is 25.7 Å². The van der Waals surface area contributed by atoms with Crippen LogP contribution in [0, 0.1) is 5.82 Å². The highest BCUT2D eigenvalue weighted by atomic mass is 32.1. The predicted molar refractivity (Wildman–Crippen MR) is 90.3 cm³/mol. The van der Waals surface area contributed by atoms with Crippen molar-refractivity contribution in [3.63, 3.8) is 0 Å². The molecule has 0 bridgehead atoms. The molecule has 0 atom stereocenters. The van der Waals surface area contributed by atoms with Gasteiger partial charge in [-0.1, -0.05) is 12.8 Å². The molecule has 5 heteroatoms. The van der Waals surface area contributed by atoms with Crippen LogP contribution in [0.15, 0.2) is 35.0 Å². The maximum absolute atomic E-state index is 13.8. The summed E-state index contributed by atoms with van der Waals surface area (Å²) in [7, 11) is 0. The molecule has 23 heavy (non-hydrogen) atoms. The minimum absolute atomic E-state index is 0.0201. The molecular weight excluding hydrogens is 313 g/mol. The van der Waals surface area contributed by atoms with Crippen LogP contribution in [0.4, 0.5) is 4.39 Å². The number of hydrogen-bond donors (Lipinski definition) is 0. The molecule has 1 fully saturated rings. The van der Waals surface area contributed by atoms with E-state index >= 15 is 0 Å². The van der Waals surface area contributed by atoms with E-state index in [0.29, 0.717) is 5.75 Å². The van der Waals surface area contributed by atoms with Gasteiger partial charge in [0.1, 0.15) is 11.6 Å². The van der Waals surface area contributed by atoms with Crippen LogP contribution >= 0.6 is 11.3 Å². The third-order valence-corrected chi connectivity index (χ3v) is 4.73. The number of rotatable bonds is 4. The van der Waals surface area contributed by atoms with Crippen molar-refractivity contribution < 1.29 is 13.9 Å². The van der Waals surface area contributed by atoms with Crippen molar-refractivity contribution in [3.8, 4) is 16.9 Å². The van der Waals surface area contributed by atoms with Crippen LogP contribution in [-0.2, 0) is 4.79 Å². The number of halogens is 1. The van der Waals surface area contributed by atoms with E-state index in [0.717, 1.165) is 37.1 Å². The average Bonchev–Trinajstić information content (AvgIpc) is 2.95. The van der Waals surface area contributed by atoms with E-state index < -0.39 is 0 Å². The molecule has 122 valence electrons. The standard InChI is InChI=1S/C18H20FNO2S/c19-16-9-15(14-5-8-23-13-14)10-17(11-16)22-12-18(21)20-6-3-1-2-4-7-20/h5,8-11,13H,1-4,6-7,12H2. The lowest BCUT2D eigenvalue weighted by atomic mass is 10.1. The highest BCUT2D eigenvalue weighted by Crippen LogP contribution is 2.27. The summed E-state index contributed by atoms with van der Waals surface area (Å²) in [4.78, 5) is 14.1. The van der Waals surface area contributed by atoms with E-state index in [1.807, 2.05) is 21.7 Å². The van der Waals surface area contributed by atoms with Crippen molar-refractivity contribution in [1.29, 1.82) is 0 Å². The molecular formula is C18H20FNO2S. The topological polar surface area (TPSA) is 29.5 Å². The van der Waals surface area contributed by atoms with Crippen LogP contribution in [0.25, 0.3) is 11.1 Å². The van der Waals surface area contributed by atoms with Gasteiger partial charge in [-0.3, -0.25) is 4.79 Å². The Labute approximate surface area is 139 Å². The van der Waals surface area contributed by atoms with Crippen LogP contribution in [0.3, 0.4) is 0 Å². The second-order valence-electron chi connectivity index (χ2n) is 5.77. The maximum atomic E-state index is 13.8. The van der Waals surface area contributed by atoms with Crippen LogP contribution < -0.4 is 4.74 Å². The highest BCUT2D eigenvalue weighted by molar-refractivity contribution is 7.08. The lowest BCUT2D eigenvalue weighted by Gasteiger charge is -2.20. The Bertz CT molecular complexity index is 649. The lowest BCUT2D eigenvalue weighted by molar-refractivity contribution is -0.133. The molecule has 3 nitrogen and oxygen atoms in total. The Kier molecular flexibility index (Phi) is 5.28. The van der Waals surface area contributed by atoms with Gasteiger partial charge in [0, 0.05) is 19.2 Å². The van der Waals surface area contributed by atoms with E-state index in [-0.39, 0.29) is 18.3 Å². The first-order valence-corrected chi connectivity index (χ1v) is 8.90. The molecule has 2 aromatic rings. The molecule has 0 saturated carbocycles. The van der Waals surface area contributed by atoms with Crippen molar-refractivity contribution in [3.05, 3.63) is 40.8 Å². The molecule has 0 N–H and O–H groups in total. The van der Waals surface area contributed by atoms with Gasteiger partial charge in [-0.25, -0.2) is 4.39 Å². The SMILES string of the molecule is O=C(COc1cc(F)cc(-c2ccsc2)c1)N1CCCCCC1. The number of carbonyl (C=O) groups excluding carboxylic acids is 1. The van der Waals surface area contributed by atoms with Crippen LogP contribution in [-0.4, -0.2) is 30.5 Å². The summed E-state index contributed by atoms with van der Waals surface area (Å²) < 4.78 is 19.3. The van der Waals surface area contributed by atoms with E-state index in [1.54, 1.807) is 17.4 Å². The molecule has 0 radical (unpaired) electrons. The van der Waals surface area contributed by atoms with Gasteiger partial charge in [0.05, 0.1) is 0 Å². The van der Waals surface area contributed by atoms with Crippen molar-refractivity contribution in [2.75, 3.05) is 19.7 Å². The number of thiophene rings is 1. The van der Waals surface area contributed by atoms with Crippen molar-refractivity contribution in [1.82, 2.24) is 4.90 Å². The van der Waals surface area contributed by atoms with E-state index in [9.17, 15) is 9.18 Å². The fraction of sp³-hybridized carbons (Fsp3) is 0.389. The number of nitrogens with zero attached hydrogens (tertiary/aromatic N) is 1. The smallest absolute Gasteiger partial charge is 0.260 e. The van der Waals surface area contributed by atoms with Gasteiger partial charge < -0.3 is 9.64 Å². The lowest BCUT2D eigenvalue weighted by Crippen LogP contribution is -2.35. The van der Waals surface area contributed by atoms with E-state index in [2.05, 4.69) is 0 Å². The normalized spacial score (nSPS) is 15.3. The quantitative estimate of drug-likeness (QED) is 0.833. The first kappa shape index (κ1) is 16.0. The summed E-state index contributed by atoms with van der Waals surface area (Å²) in [5, 5.41) is 3.91. The maximum Gasteiger partial charge on any atom is 0.260 e. The Morgan fingerprint density at radius 1 is 1.13 bits per heavy atom. The number of hydrogen-bond acceptors (Lipinski definition) is 3. The summed E-state index contributed by atoms with van der Waals surface area (Å²) in [5.74, 6) is 0.0218. The predicted octanol–water partition coefficient (Wildman–Crippen LogP) is 4.34. The van der Waals surface area contributed by atoms with Crippen molar-refractivity contribution >= 4 is 17.2 Å². The number of ether oxygens (including phenoxy) is 1. The third kappa shape index (κ3) is 4.32. The number of benzene rings is 1. The summed E-state index contributed by atoms with van der Waals surface area (Å²) in [6, 6.07) is 6.52. The first-order chi connectivity index (χ1) is 11.2. The molecule has 3 rings (SSSR count). The van der Waals surface area contributed by atoms with Gasteiger partial charge in [0.25, 0.3) is 5.91 Å². The second-order valence-corrected chi connectivity index (χ2v) is 6.55. The molecule has 0 spiro atoms. The van der Waals surface area contributed by atoms with Gasteiger partial charge in [-0.05, 0) is 52.9 Å². The van der Waals surface area contributed by atoms with E-state index in [1.165, 1.54) is 25.0 Å². The Balaban J connectivity index is 1.64. The zero-order valence-electron chi connectivity index (χ0n) is 13.0. The Morgan fingerprint density at radius 2 is 1.91 bits per heavy atom. The van der Waals surface area contributed by atoms with Crippen molar-refractivity contribution in [2.24, 2.45) is 0 Å².